The number of nitrogens with zero attached hydrogens (tertiary/aromatic N) is 1. The Balaban J connectivity index is 1.93. The number of hydrogen-bond donors (Lipinski definition) is 1. The summed E-state index contributed by atoms with van der Waals surface area (Å²) in [5.74, 6) is -0.925. The molecule has 1 aromatic carbocycles. The van der Waals surface area contributed by atoms with Gasteiger partial charge in [0.2, 0.25) is 0 Å². The molecule has 1 heterocycles. The molecule has 1 aliphatic rings. The van der Waals surface area contributed by atoms with Gasteiger partial charge in [-0.1, -0.05) is 24.3 Å². The Bertz CT molecular complexity index is 453. The fourth-order valence-electron chi connectivity index (χ4n) is 2.19. The van der Waals surface area contributed by atoms with E-state index in [9.17, 15) is 4.79 Å². The van der Waals surface area contributed by atoms with Crippen molar-refractivity contribution in [3.63, 3.8) is 0 Å². The van der Waals surface area contributed by atoms with Crippen molar-refractivity contribution in [2.45, 2.75) is 19.6 Å². The maximum absolute atomic E-state index is 10.4. The molecule has 2 rings (SSSR count). The van der Waals surface area contributed by atoms with E-state index in [1.807, 2.05) is 24.3 Å². The Hall–Kier alpha value is -1.65. The van der Waals surface area contributed by atoms with E-state index in [-0.39, 0.29) is 0 Å². The largest absolute Gasteiger partial charge is 0.478 e. The molecule has 0 saturated carbocycles. The lowest BCUT2D eigenvalue weighted by Gasteiger charge is -2.31. The van der Waals surface area contributed by atoms with Gasteiger partial charge in [0.1, 0.15) is 0 Å². The lowest BCUT2D eigenvalue weighted by molar-refractivity contribution is -0.131. The minimum atomic E-state index is -0.925. The van der Waals surface area contributed by atoms with E-state index < -0.39 is 5.97 Å². The molecule has 1 atom stereocenters. The van der Waals surface area contributed by atoms with Crippen molar-refractivity contribution in [3.8, 4) is 0 Å². The number of carboxylic acids is 1. The van der Waals surface area contributed by atoms with Gasteiger partial charge in [-0.05, 0) is 24.1 Å². The van der Waals surface area contributed by atoms with Crippen molar-refractivity contribution >= 4 is 12.0 Å². The van der Waals surface area contributed by atoms with Crippen LogP contribution >= 0.6 is 0 Å². The number of benzene rings is 1. The number of morpholine rings is 1. The van der Waals surface area contributed by atoms with Crippen molar-refractivity contribution in [1.29, 1.82) is 0 Å². The maximum atomic E-state index is 10.4. The van der Waals surface area contributed by atoms with Gasteiger partial charge < -0.3 is 9.84 Å². The van der Waals surface area contributed by atoms with Crippen LogP contribution in [-0.2, 0) is 16.1 Å². The first-order chi connectivity index (χ1) is 9.13. The molecular weight excluding hydrogens is 242 g/mol. The molecule has 102 valence electrons. The van der Waals surface area contributed by atoms with E-state index in [0.29, 0.717) is 6.10 Å². The summed E-state index contributed by atoms with van der Waals surface area (Å²) in [6.07, 6.45) is 3.05. The Morgan fingerprint density at radius 1 is 1.47 bits per heavy atom. The van der Waals surface area contributed by atoms with Gasteiger partial charge in [-0.15, -0.1) is 0 Å². The fourth-order valence-corrected chi connectivity index (χ4v) is 2.19. The third-order valence-electron chi connectivity index (χ3n) is 3.13. The van der Waals surface area contributed by atoms with Crippen LogP contribution in [0.2, 0.25) is 0 Å². The SMILES string of the molecule is CC1CN(Cc2ccc(/C=C/C(=O)O)cc2)CCO1. The Kier molecular flexibility index (Phi) is 4.71. The van der Waals surface area contributed by atoms with Crippen molar-refractivity contribution in [2.75, 3.05) is 19.7 Å². The molecule has 1 aliphatic heterocycles. The van der Waals surface area contributed by atoms with Crippen LogP contribution in [0.25, 0.3) is 6.08 Å². The van der Waals surface area contributed by atoms with Gasteiger partial charge in [-0.3, -0.25) is 4.90 Å². The number of ether oxygens (including phenoxy) is 1. The Morgan fingerprint density at radius 3 is 2.84 bits per heavy atom. The zero-order valence-corrected chi connectivity index (χ0v) is 11.1. The van der Waals surface area contributed by atoms with E-state index in [4.69, 9.17) is 9.84 Å². The van der Waals surface area contributed by atoms with Crippen LogP contribution in [0.4, 0.5) is 0 Å². The minimum Gasteiger partial charge on any atom is -0.478 e. The molecule has 0 spiro atoms. The molecule has 19 heavy (non-hydrogen) atoms. The number of hydrogen-bond acceptors (Lipinski definition) is 3. The lowest BCUT2D eigenvalue weighted by Crippen LogP contribution is -2.40. The molecule has 4 heteroatoms. The van der Waals surface area contributed by atoms with E-state index in [1.165, 1.54) is 5.56 Å². The van der Waals surface area contributed by atoms with E-state index in [2.05, 4.69) is 11.8 Å². The van der Waals surface area contributed by atoms with Crippen LogP contribution in [0.1, 0.15) is 18.1 Å². The second-order valence-corrected chi connectivity index (χ2v) is 4.83. The molecule has 1 aromatic rings. The summed E-state index contributed by atoms with van der Waals surface area (Å²) in [5.41, 5.74) is 2.14. The maximum Gasteiger partial charge on any atom is 0.328 e. The van der Waals surface area contributed by atoms with Gasteiger partial charge >= 0.3 is 5.97 Å². The molecule has 0 aliphatic carbocycles. The van der Waals surface area contributed by atoms with Crippen LogP contribution in [0, 0.1) is 0 Å². The van der Waals surface area contributed by atoms with Crippen molar-refractivity contribution in [2.24, 2.45) is 0 Å². The molecule has 4 nitrogen and oxygen atoms in total. The Morgan fingerprint density at radius 2 is 2.21 bits per heavy atom. The van der Waals surface area contributed by atoms with Crippen LogP contribution in [-0.4, -0.2) is 41.8 Å². The summed E-state index contributed by atoms with van der Waals surface area (Å²) in [6.45, 7) is 5.72. The van der Waals surface area contributed by atoms with Gasteiger partial charge in [0.15, 0.2) is 0 Å². The highest BCUT2D eigenvalue weighted by Gasteiger charge is 2.16. The second-order valence-electron chi connectivity index (χ2n) is 4.83. The summed E-state index contributed by atoms with van der Waals surface area (Å²) < 4.78 is 5.51. The third-order valence-corrected chi connectivity index (χ3v) is 3.13. The Labute approximate surface area is 113 Å². The number of carbonyl (C=O) groups is 1. The zero-order valence-electron chi connectivity index (χ0n) is 11.1. The molecule has 0 bridgehead atoms. The van der Waals surface area contributed by atoms with Gasteiger partial charge in [0.05, 0.1) is 12.7 Å². The summed E-state index contributed by atoms with van der Waals surface area (Å²) in [7, 11) is 0. The zero-order chi connectivity index (χ0) is 13.7. The third kappa shape index (κ3) is 4.50. The van der Waals surface area contributed by atoms with E-state index in [0.717, 1.165) is 37.9 Å². The molecule has 1 N–H and O–H groups in total. The number of aliphatic carboxylic acids is 1. The predicted octanol–water partition coefficient (Wildman–Crippen LogP) is 2.01. The highest BCUT2D eigenvalue weighted by Crippen LogP contribution is 2.12. The van der Waals surface area contributed by atoms with Gasteiger partial charge in [0.25, 0.3) is 0 Å². The lowest BCUT2D eigenvalue weighted by atomic mass is 10.1. The minimum absolute atomic E-state index is 0.298. The fraction of sp³-hybridized carbons (Fsp3) is 0.400. The standard InChI is InChI=1S/C15H19NO3/c1-12-10-16(8-9-19-12)11-14-4-2-13(3-5-14)6-7-15(17)18/h2-7,12H,8-11H2,1H3,(H,17,18)/b7-6+. The first kappa shape index (κ1) is 13.8. The average molecular weight is 261 g/mol. The topological polar surface area (TPSA) is 49.8 Å². The first-order valence-corrected chi connectivity index (χ1v) is 6.47. The molecule has 0 radical (unpaired) electrons. The van der Waals surface area contributed by atoms with E-state index in [1.54, 1.807) is 6.08 Å². The first-order valence-electron chi connectivity index (χ1n) is 6.47. The summed E-state index contributed by atoms with van der Waals surface area (Å²) in [6, 6.07) is 7.97. The summed E-state index contributed by atoms with van der Waals surface area (Å²) in [5, 5.41) is 8.57. The smallest absolute Gasteiger partial charge is 0.328 e. The molecule has 0 amide bonds. The van der Waals surface area contributed by atoms with Crippen LogP contribution in [0.3, 0.4) is 0 Å². The molecule has 1 unspecified atom stereocenters. The molecule has 1 saturated heterocycles. The number of rotatable bonds is 4. The van der Waals surface area contributed by atoms with Crippen LogP contribution in [0.5, 0.6) is 0 Å². The van der Waals surface area contributed by atoms with Crippen molar-refractivity contribution in [3.05, 3.63) is 41.5 Å². The molecular formula is C15H19NO3. The predicted molar refractivity (Wildman–Crippen MR) is 73.8 cm³/mol. The highest BCUT2D eigenvalue weighted by atomic mass is 16.5. The van der Waals surface area contributed by atoms with Crippen molar-refractivity contribution < 1.29 is 14.6 Å². The monoisotopic (exact) mass is 261 g/mol. The average Bonchev–Trinajstić information content (AvgIpc) is 2.38. The normalized spacial score (nSPS) is 20.8. The molecule has 0 aromatic heterocycles. The van der Waals surface area contributed by atoms with E-state index >= 15 is 0 Å². The van der Waals surface area contributed by atoms with Crippen LogP contribution < -0.4 is 0 Å². The summed E-state index contributed by atoms with van der Waals surface area (Å²) in [4.78, 5) is 12.8. The van der Waals surface area contributed by atoms with Gasteiger partial charge in [-0.25, -0.2) is 4.79 Å². The second kappa shape index (κ2) is 6.50. The van der Waals surface area contributed by atoms with Gasteiger partial charge in [-0.2, -0.15) is 0 Å². The van der Waals surface area contributed by atoms with Crippen LogP contribution in [0.15, 0.2) is 30.3 Å². The van der Waals surface area contributed by atoms with Crippen molar-refractivity contribution in [1.82, 2.24) is 4.90 Å². The highest BCUT2D eigenvalue weighted by molar-refractivity contribution is 5.85. The number of carboxylic acid groups (broad SMARTS) is 1. The quantitative estimate of drug-likeness (QED) is 0.842. The summed E-state index contributed by atoms with van der Waals surface area (Å²) >= 11 is 0. The molecule has 1 fully saturated rings. The van der Waals surface area contributed by atoms with Gasteiger partial charge in [0, 0.05) is 25.7 Å².